The third-order valence-corrected chi connectivity index (χ3v) is 3.22. The number of hydrogen-bond acceptors (Lipinski definition) is 5. The lowest BCUT2D eigenvalue weighted by atomic mass is 10.3. The molecule has 0 bridgehead atoms. The highest BCUT2D eigenvalue weighted by Crippen LogP contribution is 2.02. The first-order valence-corrected chi connectivity index (χ1v) is 7.19. The lowest BCUT2D eigenvalue weighted by molar-refractivity contribution is -0.890. The van der Waals surface area contributed by atoms with E-state index in [0.29, 0.717) is 29.6 Å². The summed E-state index contributed by atoms with van der Waals surface area (Å²) in [6.07, 6.45) is 0.299. The zero-order valence-electron chi connectivity index (χ0n) is 11.1. The van der Waals surface area contributed by atoms with E-state index in [2.05, 4.69) is 6.58 Å². The average molecular weight is 295 g/mol. The number of likely N-dealkylation sites (N-methyl/N-ethyl adjacent to an activating group) is 1. The van der Waals surface area contributed by atoms with E-state index in [-0.39, 0.29) is 19.8 Å². The van der Waals surface area contributed by atoms with Gasteiger partial charge in [-0.2, -0.15) is 0 Å². The molecule has 0 unspecified atom stereocenters. The van der Waals surface area contributed by atoms with Gasteiger partial charge in [-0.25, -0.2) is 13.2 Å². The molecule has 0 rings (SSSR count). The van der Waals surface area contributed by atoms with Crippen molar-refractivity contribution in [1.82, 2.24) is 0 Å². The Morgan fingerprint density at radius 2 is 1.84 bits per heavy atom. The summed E-state index contributed by atoms with van der Waals surface area (Å²) in [4.78, 5) is 11.1. The molecule has 0 aliphatic heterocycles. The molecule has 0 amide bonds. The van der Waals surface area contributed by atoms with E-state index in [0.717, 1.165) is 0 Å². The van der Waals surface area contributed by atoms with Crippen molar-refractivity contribution < 1.29 is 27.0 Å². The Balaban J connectivity index is 0. The number of nitrogens with zero attached hydrogens (tertiary/aromatic N) is 1. The van der Waals surface area contributed by atoms with Gasteiger partial charge in [0.15, 0.2) is 0 Å². The van der Waals surface area contributed by atoms with Crippen molar-refractivity contribution in [3.05, 3.63) is 12.2 Å². The molecule has 0 atom stereocenters. The average Bonchev–Trinajstić information content (AvgIpc) is 2.14. The second kappa shape index (κ2) is 8.29. The molecule has 7 heteroatoms. The Kier molecular flexibility index (Phi) is 8.90. The fourth-order valence-electron chi connectivity index (χ4n) is 1.29. The van der Waals surface area contributed by atoms with E-state index in [1.54, 1.807) is 6.92 Å². The van der Waals surface area contributed by atoms with Gasteiger partial charge in [0.05, 0.1) is 30.8 Å². The van der Waals surface area contributed by atoms with E-state index in [9.17, 15) is 17.8 Å². The summed E-state index contributed by atoms with van der Waals surface area (Å²) in [7, 11) is -0.387. The second-order valence-corrected chi connectivity index (χ2v) is 6.44. The van der Waals surface area contributed by atoms with Crippen LogP contribution in [-0.2, 0) is 19.6 Å². The van der Waals surface area contributed by atoms with Crippen LogP contribution in [0.5, 0.6) is 0 Å². The predicted octanol–water partition coefficient (Wildman–Crippen LogP) is 0.754. The van der Waals surface area contributed by atoms with E-state index in [4.69, 9.17) is 4.74 Å². The van der Waals surface area contributed by atoms with Crippen LogP contribution < -0.4 is 0 Å². The van der Waals surface area contributed by atoms with Gasteiger partial charge < -0.3 is 13.8 Å². The number of hydrogen-bond donors (Lipinski definition) is 0. The molecular formula is C12H25NO5S. The van der Waals surface area contributed by atoms with Crippen LogP contribution in [0.3, 0.4) is 0 Å². The topological polar surface area (TPSA) is 83.5 Å². The van der Waals surface area contributed by atoms with Gasteiger partial charge in [0.2, 0.25) is 0 Å². The summed E-state index contributed by atoms with van der Waals surface area (Å²) in [5, 5.41) is 0. The van der Waals surface area contributed by atoms with Gasteiger partial charge in [-0.1, -0.05) is 14.0 Å². The molecule has 0 N–H and O–H groups in total. The van der Waals surface area contributed by atoms with Crippen molar-refractivity contribution in [2.24, 2.45) is 0 Å². The molecule has 0 spiro atoms. The van der Waals surface area contributed by atoms with Crippen LogP contribution >= 0.6 is 0 Å². The SMILES string of the molecule is C.C=C(C)C(=O)OCC[N+](C)(C)CCCS(=O)(=O)[O-]. The maximum atomic E-state index is 11.1. The van der Waals surface area contributed by atoms with Gasteiger partial charge in [-0.15, -0.1) is 0 Å². The lowest BCUT2D eigenvalue weighted by Crippen LogP contribution is -2.43. The normalized spacial score (nSPS) is 11.6. The molecule has 0 saturated carbocycles. The fourth-order valence-corrected chi connectivity index (χ4v) is 1.77. The van der Waals surface area contributed by atoms with Crippen molar-refractivity contribution in [2.45, 2.75) is 20.8 Å². The molecule has 0 aliphatic rings. The fraction of sp³-hybridized carbons (Fsp3) is 0.750. The van der Waals surface area contributed by atoms with Gasteiger partial charge in [-0.05, 0) is 6.92 Å². The van der Waals surface area contributed by atoms with Crippen molar-refractivity contribution >= 4 is 16.1 Å². The van der Waals surface area contributed by atoms with Crippen LogP contribution in [0.4, 0.5) is 0 Å². The second-order valence-electron chi connectivity index (χ2n) is 4.91. The summed E-state index contributed by atoms with van der Waals surface area (Å²) < 4.78 is 36.8. The molecule has 0 saturated heterocycles. The lowest BCUT2D eigenvalue weighted by Gasteiger charge is -2.29. The molecule has 0 fully saturated rings. The van der Waals surface area contributed by atoms with Crippen LogP contribution in [0.1, 0.15) is 20.8 Å². The standard InChI is InChI=1S/C11H21NO5S.CH4/c1-10(2)11(13)17-8-7-12(3,4)6-5-9-18(14,15)16;/h1,5-9H2,2-4H3;1H4. The molecule has 0 radical (unpaired) electrons. The van der Waals surface area contributed by atoms with Crippen LogP contribution in [0.25, 0.3) is 0 Å². The predicted molar refractivity (Wildman–Crippen MR) is 73.5 cm³/mol. The van der Waals surface area contributed by atoms with E-state index >= 15 is 0 Å². The summed E-state index contributed by atoms with van der Waals surface area (Å²) in [5.74, 6) is -0.794. The maximum absolute atomic E-state index is 11.1. The molecular weight excluding hydrogens is 270 g/mol. The maximum Gasteiger partial charge on any atom is 0.333 e. The van der Waals surface area contributed by atoms with Gasteiger partial charge in [0.25, 0.3) is 0 Å². The number of rotatable bonds is 8. The first-order valence-electron chi connectivity index (χ1n) is 5.62. The molecule has 0 aromatic rings. The Bertz CT molecular complexity index is 400. The van der Waals surface area contributed by atoms with E-state index < -0.39 is 16.1 Å². The molecule has 6 nitrogen and oxygen atoms in total. The number of quaternary nitrogens is 1. The number of esters is 1. The highest BCUT2D eigenvalue weighted by Gasteiger charge is 2.16. The molecule has 114 valence electrons. The Labute approximate surface area is 116 Å². The minimum absolute atomic E-state index is 0. The van der Waals surface area contributed by atoms with E-state index in [1.165, 1.54) is 0 Å². The first kappa shape index (κ1) is 20.4. The molecule has 0 heterocycles. The van der Waals surface area contributed by atoms with Crippen LogP contribution in [-0.4, -0.2) is 63.0 Å². The molecule has 19 heavy (non-hydrogen) atoms. The molecule has 0 aromatic carbocycles. The smallest absolute Gasteiger partial charge is 0.333 e. The number of ether oxygens (including phenoxy) is 1. The zero-order chi connectivity index (χ0) is 14.4. The van der Waals surface area contributed by atoms with Gasteiger partial charge in [0, 0.05) is 17.7 Å². The third kappa shape index (κ3) is 11.9. The van der Waals surface area contributed by atoms with E-state index in [1.807, 2.05) is 14.1 Å². The zero-order valence-corrected chi connectivity index (χ0v) is 12.0. The van der Waals surface area contributed by atoms with Crippen LogP contribution in [0.2, 0.25) is 0 Å². The highest BCUT2D eigenvalue weighted by molar-refractivity contribution is 7.85. The monoisotopic (exact) mass is 295 g/mol. The van der Waals surface area contributed by atoms with Crippen molar-refractivity contribution in [3.8, 4) is 0 Å². The Morgan fingerprint density at radius 3 is 2.26 bits per heavy atom. The minimum Gasteiger partial charge on any atom is -0.748 e. The Morgan fingerprint density at radius 1 is 1.32 bits per heavy atom. The van der Waals surface area contributed by atoms with Crippen LogP contribution in [0.15, 0.2) is 12.2 Å². The van der Waals surface area contributed by atoms with Crippen molar-refractivity contribution in [3.63, 3.8) is 0 Å². The summed E-state index contributed by atoms with van der Waals surface area (Å²) >= 11 is 0. The van der Waals surface area contributed by atoms with Gasteiger partial charge in [0.1, 0.15) is 13.2 Å². The summed E-state index contributed by atoms with van der Waals surface area (Å²) in [6, 6.07) is 0. The Hall–Kier alpha value is -0.920. The van der Waals surface area contributed by atoms with Crippen LogP contribution in [0, 0.1) is 0 Å². The minimum atomic E-state index is -4.15. The number of carbonyl (C=O) groups is 1. The molecule has 0 aliphatic carbocycles. The quantitative estimate of drug-likeness (QED) is 0.286. The number of carbonyl (C=O) groups excluding carboxylic acids is 1. The molecule has 0 aromatic heterocycles. The largest absolute Gasteiger partial charge is 0.748 e. The third-order valence-electron chi connectivity index (χ3n) is 2.44. The van der Waals surface area contributed by atoms with Gasteiger partial charge in [-0.3, -0.25) is 0 Å². The highest BCUT2D eigenvalue weighted by atomic mass is 32.2. The van der Waals surface area contributed by atoms with Crippen molar-refractivity contribution in [1.29, 1.82) is 0 Å². The van der Waals surface area contributed by atoms with Crippen molar-refractivity contribution in [2.75, 3.05) is 39.5 Å². The summed E-state index contributed by atoms with van der Waals surface area (Å²) in [6.45, 7) is 6.36. The summed E-state index contributed by atoms with van der Waals surface area (Å²) in [5.41, 5.74) is 0.345. The first-order chi connectivity index (χ1) is 8.03. The van der Waals surface area contributed by atoms with Gasteiger partial charge >= 0.3 is 5.97 Å².